The Balaban J connectivity index is 1.38. The van der Waals surface area contributed by atoms with E-state index in [4.69, 9.17) is 17.0 Å². The minimum atomic E-state index is -0.231. The Kier molecular flexibility index (Phi) is 7.48. The number of esters is 1. The van der Waals surface area contributed by atoms with E-state index in [1.165, 1.54) is 16.9 Å². The largest absolute Gasteiger partial charge is 0.462 e. The van der Waals surface area contributed by atoms with Crippen molar-refractivity contribution in [3.8, 4) is 0 Å². The quantitative estimate of drug-likeness (QED) is 0.503. The third kappa shape index (κ3) is 5.00. The second-order valence-electron chi connectivity index (χ2n) is 8.42. The van der Waals surface area contributed by atoms with Crippen LogP contribution in [-0.2, 0) is 30.7 Å². The van der Waals surface area contributed by atoms with E-state index in [2.05, 4.69) is 40.3 Å². The van der Waals surface area contributed by atoms with Gasteiger partial charge in [-0.1, -0.05) is 0 Å². The van der Waals surface area contributed by atoms with E-state index in [0.717, 1.165) is 74.8 Å². The molecule has 0 saturated carbocycles. The van der Waals surface area contributed by atoms with Crippen LogP contribution in [0.25, 0.3) is 0 Å². The van der Waals surface area contributed by atoms with Gasteiger partial charge in [0.1, 0.15) is 5.00 Å². The Bertz CT molecular complexity index is 975. The summed E-state index contributed by atoms with van der Waals surface area (Å²) in [5.41, 5.74) is 4.28. The van der Waals surface area contributed by atoms with Crippen LogP contribution in [0.4, 0.5) is 5.00 Å². The average Bonchev–Trinajstić information content (AvgIpc) is 3.33. The number of anilines is 1. The maximum absolute atomic E-state index is 12.7. The first-order valence-corrected chi connectivity index (χ1v) is 12.9. The van der Waals surface area contributed by atoms with Gasteiger partial charge in [-0.25, -0.2) is 4.79 Å². The highest BCUT2D eigenvalue weighted by Crippen LogP contribution is 2.38. The van der Waals surface area contributed by atoms with Crippen LogP contribution in [0.1, 0.15) is 58.7 Å². The number of carbonyl (C=O) groups excluding carboxylic acids is 1. The second kappa shape index (κ2) is 10.3. The van der Waals surface area contributed by atoms with Gasteiger partial charge in [0.25, 0.3) is 0 Å². The predicted molar refractivity (Wildman–Crippen MR) is 133 cm³/mol. The molecular formula is C23H33N5O2S2. The van der Waals surface area contributed by atoms with Gasteiger partial charge in [0.2, 0.25) is 0 Å². The Morgan fingerprint density at radius 1 is 1.22 bits per heavy atom. The van der Waals surface area contributed by atoms with E-state index in [9.17, 15) is 4.79 Å². The summed E-state index contributed by atoms with van der Waals surface area (Å²) >= 11 is 7.42. The summed E-state index contributed by atoms with van der Waals surface area (Å²) in [4.78, 5) is 18.7. The molecule has 0 spiro atoms. The molecule has 3 heterocycles. The summed E-state index contributed by atoms with van der Waals surface area (Å²) < 4.78 is 7.37. The first kappa shape index (κ1) is 23.2. The molecule has 2 aromatic rings. The topological polar surface area (TPSA) is 62.6 Å². The number of hydrogen-bond donors (Lipinski definition) is 1. The van der Waals surface area contributed by atoms with E-state index in [1.807, 2.05) is 11.6 Å². The molecule has 1 aliphatic heterocycles. The summed E-state index contributed by atoms with van der Waals surface area (Å²) in [6.07, 6.45) is 6.44. The minimum Gasteiger partial charge on any atom is -0.462 e. The fourth-order valence-corrected chi connectivity index (χ4v) is 6.10. The number of ether oxygens (including phenoxy) is 1. The maximum Gasteiger partial charge on any atom is 0.341 e. The van der Waals surface area contributed by atoms with Gasteiger partial charge < -0.3 is 15.0 Å². The number of aromatic nitrogens is 2. The zero-order chi connectivity index (χ0) is 22.7. The molecule has 2 aromatic heterocycles. The lowest BCUT2D eigenvalue weighted by atomic mass is 9.95. The first-order chi connectivity index (χ1) is 15.5. The summed E-state index contributed by atoms with van der Waals surface area (Å²) in [5, 5.41) is 9.51. The SMILES string of the molecule is CCOC(=O)c1c(NC(=S)N2CCN(Cc3cn(CC)nc3C)CC2)sc2c1CCCC2. The molecule has 2 aliphatic rings. The number of thiocarbonyl (C=S) groups is 1. The smallest absolute Gasteiger partial charge is 0.341 e. The molecule has 9 heteroatoms. The van der Waals surface area contributed by atoms with Gasteiger partial charge in [0.05, 0.1) is 17.9 Å². The number of fused-ring (bicyclic) bond motifs is 1. The number of aryl methyl sites for hydroxylation is 3. The zero-order valence-corrected chi connectivity index (χ0v) is 20.9. The van der Waals surface area contributed by atoms with Crippen LogP contribution in [0.15, 0.2) is 6.20 Å². The summed E-state index contributed by atoms with van der Waals surface area (Å²) in [7, 11) is 0. The maximum atomic E-state index is 12.7. The highest BCUT2D eigenvalue weighted by molar-refractivity contribution is 7.80. The number of nitrogens with zero attached hydrogens (tertiary/aromatic N) is 4. The second-order valence-corrected chi connectivity index (χ2v) is 9.92. The Morgan fingerprint density at radius 3 is 2.66 bits per heavy atom. The molecule has 174 valence electrons. The van der Waals surface area contributed by atoms with Crippen molar-refractivity contribution >= 4 is 39.6 Å². The van der Waals surface area contributed by atoms with Crippen molar-refractivity contribution in [2.75, 3.05) is 38.1 Å². The summed E-state index contributed by atoms with van der Waals surface area (Å²) in [6, 6.07) is 0. The van der Waals surface area contributed by atoms with Crippen LogP contribution in [0.5, 0.6) is 0 Å². The third-order valence-corrected chi connectivity index (χ3v) is 7.86. The molecule has 7 nitrogen and oxygen atoms in total. The number of nitrogens with one attached hydrogen (secondary N) is 1. The Labute approximate surface area is 199 Å². The van der Waals surface area contributed by atoms with Gasteiger partial charge in [-0.15, -0.1) is 11.3 Å². The van der Waals surface area contributed by atoms with Crippen LogP contribution in [0, 0.1) is 6.92 Å². The normalized spacial score (nSPS) is 16.7. The van der Waals surface area contributed by atoms with Gasteiger partial charge >= 0.3 is 5.97 Å². The lowest BCUT2D eigenvalue weighted by Gasteiger charge is -2.36. The standard InChI is InChI=1S/C23H33N5O2S2/c1-4-28-15-17(16(3)25-28)14-26-10-12-27(13-11-26)23(31)24-21-20(22(29)30-5-2)18-8-6-7-9-19(18)32-21/h15H,4-14H2,1-3H3,(H,24,31). The van der Waals surface area contributed by atoms with Gasteiger partial charge in [0, 0.05) is 55.9 Å². The van der Waals surface area contributed by atoms with Gasteiger partial charge in [-0.05, 0) is 64.2 Å². The van der Waals surface area contributed by atoms with Crippen molar-refractivity contribution in [1.82, 2.24) is 19.6 Å². The molecule has 1 saturated heterocycles. The molecule has 4 rings (SSSR count). The van der Waals surface area contributed by atoms with E-state index in [-0.39, 0.29) is 5.97 Å². The number of hydrogen-bond acceptors (Lipinski definition) is 6. The van der Waals surface area contributed by atoms with Gasteiger partial charge in [-0.2, -0.15) is 5.10 Å². The molecule has 0 amide bonds. The molecule has 32 heavy (non-hydrogen) atoms. The van der Waals surface area contributed by atoms with Crippen LogP contribution in [-0.4, -0.2) is 63.4 Å². The van der Waals surface area contributed by atoms with E-state index >= 15 is 0 Å². The summed E-state index contributed by atoms with van der Waals surface area (Å²) in [6.45, 7) is 11.9. The fourth-order valence-electron chi connectivity index (χ4n) is 4.48. The van der Waals surface area contributed by atoms with Crippen molar-refractivity contribution < 1.29 is 9.53 Å². The highest BCUT2D eigenvalue weighted by atomic mass is 32.1. The lowest BCUT2D eigenvalue weighted by molar-refractivity contribution is 0.0526. The van der Waals surface area contributed by atoms with Crippen molar-refractivity contribution in [2.24, 2.45) is 0 Å². The van der Waals surface area contributed by atoms with Gasteiger partial charge in [-0.3, -0.25) is 9.58 Å². The predicted octanol–water partition coefficient (Wildman–Crippen LogP) is 3.84. The van der Waals surface area contributed by atoms with Gasteiger partial charge in [0.15, 0.2) is 5.11 Å². The van der Waals surface area contributed by atoms with Crippen LogP contribution < -0.4 is 5.32 Å². The summed E-state index contributed by atoms with van der Waals surface area (Å²) in [5.74, 6) is -0.231. The van der Waals surface area contributed by atoms with E-state index in [0.29, 0.717) is 17.3 Å². The van der Waals surface area contributed by atoms with Crippen molar-refractivity contribution in [1.29, 1.82) is 0 Å². The lowest BCUT2D eigenvalue weighted by Crippen LogP contribution is -2.49. The number of piperazine rings is 1. The molecule has 0 radical (unpaired) electrons. The third-order valence-electron chi connectivity index (χ3n) is 6.30. The fraction of sp³-hybridized carbons (Fsp3) is 0.609. The monoisotopic (exact) mass is 475 g/mol. The molecule has 1 aliphatic carbocycles. The van der Waals surface area contributed by atoms with E-state index in [1.54, 1.807) is 11.3 Å². The van der Waals surface area contributed by atoms with Crippen molar-refractivity contribution in [2.45, 2.75) is 59.5 Å². The molecule has 0 bridgehead atoms. The highest BCUT2D eigenvalue weighted by Gasteiger charge is 2.28. The Morgan fingerprint density at radius 2 is 1.97 bits per heavy atom. The van der Waals surface area contributed by atoms with Crippen molar-refractivity contribution in [3.63, 3.8) is 0 Å². The zero-order valence-electron chi connectivity index (χ0n) is 19.3. The average molecular weight is 476 g/mol. The number of carbonyl (C=O) groups is 1. The van der Waals surface area contributed by atoms with Crippen LogP contribution in [0.3, 0.4) is 0 Å². The molecule has 1 fully saturated rings. The van der Waals surface area contributed by atoms with Crippen molar-refractivity contribution in [3.05, 3.63) is 33.5 Å². The molecule has 1 N–H and O–H groups in total. The van der Waals surface area contributed by atoms with E-state index < -0.39 is 0 Å². The minimum absolute atomic E-state index is 0.231. The molecule has 0 unspecified atom stereocenters. The number of rotatable bonds is 6. The van der Waals surface area contributed by atoms with Crippen LogP contribution in [0.2, 0.25) is 0 Å². The molecular weight excluding hydrogens is 442 g/mol. The molecule has 0 atom stereocenters. The number of thiophene rings is 1. The first-order valence-electron chi connectivity index (χ1n) is 11.6. The van der Waals surface area contributed by atoms with Crippen LogP contribution >= 0.6 is 23.6 Å². The molecule has 0 aromatic carbocycles. The Hall–Kier alpha value is -1.97.